The normalized spacial score (nSPS) is 12.5. The van der Waals surface area contributed by atoms with Crippen LogP contribution in [0, 0.1) is 0 Å². The van der Waals surface area contributed by atoms with Crippen LogP contribution >= 0.6 is 27.5 Å². The van der Waals surface area contributed by atoms with E-state index in [1.165, 1.54) is 6.08 Å². The summed E-state index contributed by atoms with van der Waals surface area (Å²) in [7, 11) is 0. The van der Waals surface area contributed by atoms with Crippen LogP contribution in [-0.4, -0.2) is 5.11 Å². The van der Waals surface area contributed by atoms with E-state index in [1.807, 2.05) is 0 Å². The fraction of sp³-hybridized carbons (Fsp3) is 0.111. The second kappa shape index (κ2) is 4.13. The van der Waals surface area contributed by atoms with Crippen LogP contribution in [-0.2, 0) is 0 Å². The Hall–Kier alpha value is -0.510. The molecule has 0 saturated carbocycles. The van der Waals surface area contributed by atoms with Crippen molar-refractivity contribution in [1.82, 2.24) is 0 Å². The molecular formula is C9H9BrClNO. The molecule has 0 aliphatic rings. The van der Waals surface area contributed by atoms with Crippen molar-refractivity contribution in [3.63, 3.8) is 0 Å². The zero-order valence-corrected chi connectivity index (χ0v) is 9.14. The van der Waals surface area contributed by atoms with Crippen molar-refractivity contribution in [2.45, 2.75) is 6.04 Å². The Morgan fingerprint density at radius 2 is 2.23 bits per heavy atom. The number of phenolic OH excluding ortho intramolecular Hbond substituents is 1. The molecule has 0 saturated heterocycles. The molecule has 0 fully saturated rings. The molecule has 0 amide bonds. The molecule has 0 bridgehead atoms. The summed E-state index contributed by atoms with van der Waals surface area (Å²) >= 11 is 9.05. The van der Waals surface area contributed by atoms with Gasteiger partial charge < -0.3 is 10.8 Å². The molecule has 0 aliphatic heterocycles. The van der Waals surface area contributed by atoms with Crippen LogP contribution < -0.4 is 5.73 Å². The number of benzene rings is 1. The summed E-state index contributed by atoms with van der Waals surface area (Å²) in [6.45, 7) is 3.54. The van der Waals surface area contributed by atoms with Gasteiger partial charge in [-0.3, -0.25) is 0 Å². The maximum absolute atomic E-state index is 9.62. The summed E-state index contributed by atoms with van der Waals surface area (Å²) in [5.74, 6) is 0.0694. The predicted octanol–water partition coefficient (Wildman–Crippen LogP) is 2.99. The fourth-order valence-electron chi connectivity index (χ4n) is 0.992. The molecular weight excluding hydrogens is 253 g/mol. The van der Waals surface area contributed by atoms with E-state index in [-0.39, 0.29) is 5.75 Å². The molecule has 2 nitrogen and oxygen atoms in total. The van der Waals surface area contributed by atoms with E-state index in [0.29, 0.717) is 15.1 Å². The third-order valence-corrected chi connectivity index (χ3v) is 2.67. The zero-order valence-electron chi connectivity index (χ0n) is 6.80. The number of rotatable bonds is 2. The van der Waals surface area contributed by atoms with Gasteiger partial charge in [0.05, 0.1) is 10.5 Å². The quantitative estimate of drug-likeness (QED) is 0.805. The second-order valence-electron chi connectivity index (χ2n) is 2.55. The first kappa shape index (κ1) is 10.6. The highest BCUT2D eigenvalue weighted by molar-refractivity contribution is 9.10. The van der Waals surface area contributed by atoms with Gasteiger partial charge in [-0.05, 0) is 28.1 Å². The number of hydrogen-bond acceptors (Lipinski definition) is 2. The van der Waals surface area contributed by atoms with Gasteiger partial charge in [-0.15, -0.1) is 6.58 Å². The Kier molecular flexibility index (Phi) is 3.36. The van der Waals surface area contributed by atoms with Gasteiger partial charge in [-0.1, -0.05) is 17.7 Å². The standard InChI is InChI=1S/C9H9BrClNO/c1-2-7(12)8-6(11)4-3-5(10)9(8)13/h2-4,7,13H,1,12H2/t7-/m1/s1. The fourth-order valence-corrected chi connectivity index (χ4v) is 1.62. The first-order chi connectivity index (χ1) is 6.07. The average molecular weight is 263 g/mol. The lowest BCUT2D eigenvalue weighted by Gasteiger charge is -2.12. The van der Waals surface area contributed by atoms with Gasteiger partial charge in [0, 0.05) is 10.6 Å². The first-order valence-electron chi connectivity index (χ1n) is 3.63. The third-order valence-electron chi connectivity index (χ3n) is 1.70. The first-order valence-corrected chi connectivity index (χ1v) is 4.80. The van der Waals surface area contributed by atoms with Gasteiger partial charge in [0.25, 0.3) is 0 Å². The van der Waals surface area contributed by atoms with E-state index >= 15 is 0 Å². The minimum absolute atomic E-state index is 0.0694. The molecule has 0 heterocycles. The van der Waals surface area contributed by atoms with Gasteiger partial charge in [-0.2, -0.15) is 0 Å². The monoisotopic (exact) mass is 261 g/mol. The molecule has 0 spiro atoms. The molecule has 13 heavy (non-hydrogen) atoms. The number of phenols is 1. The predicted molar refractivity (Wildman–Crippen MR) is 57.9 cm³/mol. The van der Waals surface area contributed by atoms with Crippen molar-refractivity contribution in [2.24, 2.45) is 5.73 Å². The molecule has 0 radical (unpaired) electrons. The molecule has 4 heteroatoms. The van der Waals surface area contributed by atoms with E-state index in [2.05, 4.69) is 22.5 Å². The van der Waals surface area contributed by atoms with Gasteiger partial charge in [0.1, 0.15) is 5.75 Å². The summed E-state index contributed by atoms with van der Waals surface area (Å²) in [6.07, 6.45) is 1.52. The van der Waals surface area contributed by atoms with Crippen LogP contribution in [0.1, 0.15) is 11.6 Å². The number of aromatic hydroxyl groups is 1. The Labute approximate surface area is 90.1 Å². The highest BCUT2D eigenvalue weighted by Gasteiger charge is 2.14. The number of halogens is 2. The molecule has 0 aromatic heterocycles. The van der Waals surface area contributed by atoms with E-state index < -0.39 is 6.04 Å². The maximum Gasteiger partial charge on any atom is 0.136 e. The summed E-state index contributed by atoms with van der Waals surface area (Å²) in [6, 6.07) is 2.88. The summed E-state index contributed by atoms with van der Waals surface area (Å²) < 4.78 is 0.573. The summed E-state index contributed by atoms with van der Waals surface area (Å²) in [4.78, 5) is 0. The van der Waals surface area contributed by atoms with Gasteiger partial charge in [0.15, 0.2) is 0 Å². The maximum atomic E-state index is 9.62. The van der Waals surface area contributed by atoms with Crippen LogP contribution in [0.25, 0.3) is 0 Å². The largest absolute Gasteiger partial charge is 0.506 e. The highest BCUT2D eigenvalue weighted by atomic mass is 79.9. The van der Waals surface area contributed by atoms with E-state index in [4.69, 9.17) is 17.3 Å². The van der Waals surface area contributed by atoms with Crippen LogP contribution in [0.3, 0.4) is 0 Å². The summed E-state index contributed by atoms with van der Waals surface area (Å²) in [5.41, 5.74) is 6.17. The topological polar surface area (TPSA) is 46.2 Å². The molecule has 0 aliphatic carbocycles. The van der Waals surface area contributed by atoms with Crippen molar-refractivity contribution in [3.05, 3.63) is 39.8 Å². The lowest BCUT2D eigenvalue weighted by atomic mass is 10.1. The highest BCUT2D eigenvalue weighted by Crippen LogP contribution is 2.36. The van der Waals surface area contributed by atoms with Crippen LogP contribution in [0.15, 0.2) is 29.3 Å². The van der Waals surface area contributed by atoms with E-state index in [0.717, 1.165) is 0 Å². The lowest BCUT2D eigenvalue weighted by molar-refractivity contribution is 0.462. The SMILES string of the molecule is C=C[C@@H](N)c1c(Cl)ccc(Br)c1O. The Morgan fingerprint density at radius 1 is 1.62 bits per heavy atom. The van der Waals surface area contributed by atoms with Crippen LogP contribution in [0.2, 0.25) is 5.02 Å². The van der Waals surface area contributed by atoms with Gasteiger partial charge in [-0.25, -0.2) is 0 Å². The Morgan fingerprint density at radius 3 is 2.77 bits per heavy atom. The van der Waals surface area contributed by atoms with Crippen LogP contribution in [0.4, 0.5) is 0 Å². The molecule has 1 aromatic rings. The Bertz CT molecular complexity index is 341. The smallest absolute Gasteiger partial charge is 0.136 e. The molecule has 1 aromatic carbocycles. The lowest BCUT2D eigenvalue weighted by Crippen LogP contribution is -2.07. The van der Waals surface area contributed by atoms with Crippen molar-refractivity contribution in [1.29, 1.82) is 0 Å². The zero-order chi connectivity index (χ0) is 10.0. The van der Waals surface area contributed by atoms with Crippen LogP contribution in [0.5, 0.6) is 5.75 Å². The van der Waals surface area contributed by atoms with Crippen molar-refractivity contribution < 1.29 is 5.11 Å². The molecule has 1 atom stereocenters. The van der Waals surface area contributed by atoms with E-state index in [1.54, 1.807) is 12.1 Å². The number of hydrogen-bond donors (Lipinski definition) is 2. The molecule has 1 rings (SSSR count). The second-order valence-corrected chi connectivity index (χ2v) is 3.81. The summed E-state index contributed by atoms with van der Waals surface area (Å²) in [5, 5.41) is 10.1. The van der Waals surface area contributed by atoms with Gasteiger partial charge in [0.2, 0.25) is 0 Å². The molecule has 70 valence electrons. The number of nitrogens with two attached hydrogens (primary N) is 1. The Balaban J connectivity index is 3.32. The average Bonchev–Trinajstić information content (AvgIpc) is 2.12. The third kappa shape index (κ3) is 2.05. The van der Waals surface area contributed by atoms with Crippen molar-refractivity contribution in [2.75, 3.05) is 0 Å². The molecule has 0 unspecified atom stereocenters. The molecule has 3 N–H and O–H groups in total. The van der Waals surface area contributed by atoms with Crippen molar-refractivity contribution in [3.8, 4) is 5.75 Å². The van der Waals surface area contributed by atoms with E-state index in [9.17, 15) is 5.11 Å². The minimum Gasteiger partial charge on any atom is -0.506 e. The van der Waals surface area contributed by atoms with Crippen molar-refractivity contribution >= 4 is 27.5 Å². The minimum atomic E-state index is -0.454. The van der Waals surface area contributed by atoms with Gasteiger partial charge >= 0.3 is 0 Å².